The predicted molar refractivity (Wildman–Crippen MR) is 423 cm³/mol. The van der Waals surface area contributed by atoms with Crippen LogP contribution in [0, 0.1) is 0 Å². The van der Waals surface area contributed by atoms with Gasteiger partial charge in [-0.2, -0.15) is 55.8 Å². The van der Waals surface area contributed by atoms with Crippen LogP contribution in [0.1, 0.15) is 132 Å². The molecule has 14 N–H and O–H groups in total. The lowest BCUT2D eigenvalue weighted by Crippen LogP contribution is -2.48. The molecule has 3 aromatic rings. The number of nitrogens with zero attached hydrogens (tertiary/aromatic N) is 4. The van der Waals surface area contributed by atoms with Gasteiger partial charge in [0, 0.05) is 120 Å². The van der Waals surface area contributed by atoms with Crippen LogP contribution in [-0.4, -0.2) is 260 Å². The van der Waals surface area contributed by atoms with Gasteiger partial charge in [0.1, 0.15) is 18.7 Å². The van der Waals surface area contributed by atoms with Crippen LogP contribution in [0.3, 0.4) is 0 Å². The first kappa shape index (κ1) is 97.3. The molecule has 0 spiro atoms. The zero-order valence-electron chi connectivity index (χ0n) is 66.1. The molecule has 668 valence electrons. The lowest BCUT2D eigenvalue weighted by molar-refractivity contribution is -0.195. The van der Waals surface area contributed by atoms with Crippen LogP contribution in [-0.2, 0) is 82.6 Å². The van der Waals surface area contributed by atoms with Gasteiger partial charge in [0.05, 0.1) is 108 Å². The molecule has 3 aromatic carbocycles. The lowest BCUT2D eigenvalue weighted by atomic mass is 10.0. The molecule has 6 aliphatic heterocycles. The number of rotatable bonds is 57. The van der Waals surface area contributed by atoms with Gasteiger partial charge in [0.2, 0.25) is 23.6 Å². The first-order chi connectivity index (χ1) is 58.2. The summed E-state index contributed by atoms with van der Waals surface area (Å²) in [5.41, 5.74) is -5.74. The van der Waals surface area contributed by atoms with Crippen molar-refractivity contribution in [3.05, 3.63) is 101 Å². The monoisotopic (exact) mass is 1770 g/mol. The van der Waals surface area contributed by atoms with Crippen LogP contribution in [0.4, 0.5) is 35.9 Å². The minimum Gasteiger partial charge on any atom is -0.481 e. The van der Waals surface area contributed by atoms with Crippen LogP contribution in [0.25, 0.3) is 0 Å². The van der Waals surface area contributed by atoms with Gasteiger partial charge in [-0.1, -0.05) is 37.1 Å². The average Bonchev–Trinajstić information content (AvgIpc) is 1.59. The van der Waals surface area contributed by atoms with Crippen molar-refractivity contribution in [2.45, 2.75) is 165 Å². The summed E-state index contributed by atoms with van der Waals surface area (Å²) < 4.78 is 123. The number of unbranched alkanes of at least 4 members (excludes halogenated alkanes) is 2. The van der Waals surface area contributed by atoms with Crippen molar-refractivity contribution in [3.8, 4) is 0 Å². The fraction of sp³-hybridized carbons (Fsp3) is 0.613. The number of halogens is 6. The van der Waals surface area contributed by atoms with Gasteiger partial charge in [0.25, 0.3) is 17.7 Å². The lowest BCUT2D eigenvalue weighted by Gasteiger charge is -2.19. The number of hydrogen-bond acceptors (Lipinski definition) is 28. The summed E-state index contributed by atoms with van der Waals surface area (Å²) in [5.74, 6) is 0.867. The van der Waals surface area contributed by atoms with Crippen LogP contribution < -0.4 is 64.4 Å². The molecule has 6 aliphatic rings. The Morgan fingerprint density at radius 2 is 0.843 bits per heavy atom. The van der Waals surface area contributed by atoms with Crippen LogP contribution in [0.15, 0.2) is 98.1 Å². The molecule has 9 rings (SSSR count). The van der Waals surface area contributed by atoms with Crippen LogP contribution in [0.5, 0.6) is 0 Å². The molecule has 0 bridgehead atoms. The summed E-state index contributed by atoms with van der Waals surface area (Å²) in [4.78, 5) is 140. The highest BCUT2D eigenvalue weighted by atomic mass is 32.2. The molecule has 0 unspecified atom stereocenters. The summed E-state index contributed by atoms with van der Waals surface area (Å²) in [6.07, 6.45) is -2.34. The van der Waals surface area contributed by atoms with Crippen molar-refractivity contribution in [2.75, 3.05) is 130 Å². The quantitative estimate of drug-likeness (QED) is 0.00659. The number of carboxylic acid groups (broad SMARTS) is 1. The highest BCUT2D eigenvalue weighted by Crippen LogP contribution is 2.53. The van der Waals surface area contributed by atoms with E-state index in [9.17, 15) is 84.2 Å². The average molecular weight is 1770 g/mol. The molecule has 0 aromatic heterocycles. The van der Waals surface area contributed by atoms with Crippen molar-refractivity contribution in [1.29, 1.82) is 0 Å². The molecule has 37 nitrogen and oxygen atoms in total. The molecular formula is C75H102F6N16O21S3. The van der Waals surface area contributed by atoms with E-state index >= 15 is 0 Å². The number of fused-ring (bicyclic) bond motifs is 2. The fourth-order valence-corrected chi connectivity index (χ4v) is 16.1. The van der Waals surface area contributed by atoms with E-state index in [-0.39, 0.29) is 116 Å². The SMILES string of the molecule is NOOSc1ccc(C(=O)NCCOC(=O)C[C@@H](NC(=O)c2ccc(C3(C(F)(F)F)N=N3)cc2)C(=O)NCCCOCCOCCOCCCNC(=O)CCCC[C@@H]2SC[C@@H]3NC(=O)N[C@@H]32)cc1.O=C(O)C[C@@H](NC(=O)c1ccc(C2(C(F)(F)F)N=N2)cc1)C(=O)NCCCOCCOCCOCCCNC(=O)CCCC[C@@H]1SC[C@@H]2NC(=O)N[C@@H]21. The molecule has 0 aliphatic carbocycles. The third-order valence-electron chi connectivity index (χ3n) is 19.2. The Hall–Kier alpha value is -9.10. The van der Waals surface area contributed by atoms with E-state index in [2.05, 4.69) is 88.3 Å². The number of esters is 1. The third kappa shape index (κ3) is 32.9. The maximum atomic E-state index is 13.5. The number of alkyl halides is 6. The van der Waals surface area contributed by atoms with E-state index in [1.54, 1.807) is 12.1 Å². The second-order valence-corrected chi connectivity index (χ2v) is 31.4. The maximum Gasteiger partial charge on any atom is 0.442 e. The number of thioether (sulfide) groups is 2. The van der Waals surface area contributed by atoms with E-state index < -0.39 is 90.1 Å². The van der Waals surface area contributed by atoms with Gasteiger partial charge >= 0.3 is 47.7 Å². The van der Waals surface area contributed by atoms with Crippen molar-refractivity contribution in [3.63, 3.8) is 0 Å². The van der Waals surface area contributed by atoms with E-state index in [0.717, 1.165) is 111 Å². The molecule has 4 saturated heterocycles. The number of urea groups is 2. The van der Waals surface area contributed by atoms with Crippen molar-refractivity contribution < 1.29 is 127 Å². The number of nitrogens with one attached hydrogen (secondary N) is 11. The largest absolute Gasteiger partial charge is 0.481 e. The summed E-state index contributed by atoms with van der Waals surface area (Å²) in [5, 5.41) is 52.6. The Morgan fingerprint density at radius 3 is 1.22 bits per heavy atom. The normalized spacial score (nSPS) is 19.1. The van der Waals surface area contributed by atoms with Gasteiger partial charge < -0.3 is 96.7 Å². The summed E-state index contributed by atoms with van der Waals surface area (Å²) in [6, 6.07) is 12.6. The number of carboxylic acids is 1. The number of carbonyl (C=O) groups excluding carboxylic acids is 10. The predicted octanol–water partition coefficient (Wildman–Crippen LogP) is 5.18. The minimum atomic E-state index is -4.76. The Labute approximate surface area is 705 Å². The zero-order valence-corrected chi connectivity index (χ0v) is 68.5. The first-order valence-electron chi connectivity index (χ1n) is 39.4. The molecule has 121 heavy (non-hydrogen) atoms. The Bertz CT molecular complexity index is 3920. The molecule has 0 saturated carbocycles. The van der Waals surface area contributed by atoms with Crippen molar-refractivity contribution in [2.24, 2.45) is 26.4 Å². The summed E-state index contributed by atoms with van der Waals surface area (Å²) >= 11 is 4.57. The van der Waals surface area contributed by atoms with Gasteiger partial charge in [-0.25, -0.2) is 9.59 Å². The van der Waals surface area contributed by atoms with Crippen LogP contribution >= 0.6 is 35.6 Å². The molecule has 11 amide bonds. The fourth-order valence-electron chi connectivity index (χ4n) is 12.7. The third-order valence-corrected chi connectivity index (χ3v) is 22.8. The molecular weight excluding hydrogens is 1670 g/mol. The number of ether oxygens (including phenoxy) is 7. The molecule has 4 fully saturated rings. The molecule has 6 heterocycles. The standard InChI is InChI=1S/C42H56F3N9O12S2.C33H46F3N7O9S/c43-42(44,45)41(53-54-41)29-11-7-28(8-12-29)38(58)50-31(25-35(56)64-20-17-49-37(57)27-9-13-30(14-10-27)68-66-65-46)39(59)48-16-4-19-62-22-24-63-23-21-61-18-3-15-47-34(55)6-2-1-5-33-36-32(26-67-33)51-40(60)52-36;34-33(35,36)32(42-43-32)22-9-7-21(8-10-22)29(47)39-23(19-27(45)46)30(48)38-12-4-14-51-16-18-52-17-15-50-13-3-11-37-26(44)6-2-1-5-25-28-24(20-53-25)40-31(49)41-28/h7-14,31-33,36H,1-6,15-26,46H2,(H,47,55)(H,48,59)(H,49,57)(H,50,58)(H2,51,52,60);7-10,23-25,28H,1-6,11-20H2,(H,37,44)(H,38,48)(H,39,47)(H,45,46)(H2,40,41,49)/t31-,32+,33+,36+;23-,24+,25+,28+/m11/s1. The summed E-state index contributed by atoms with van der Waals surface area (Å²) in [7, 11) is 0. The second-order valence-electron chi connectivity index (χ2n) is 28.1. The second kappa shape index (κ2) is 50.5. The van der Waals surface area contributed by atoms with Gasteiger partial charge in [-0.05, 0) is 99.9 Å². The highest BCUT2D eigenvalue weighted by Gasteiger charge is 2.66. The van der Waals surface area contributed by atoms with E-state index in [1.165, 1.54) is 12.1 Å². The Kier molecular flexibility index (Phi) is 40.6. The molecule has 0 radical (unpaired) electrons. The summed E-state index contributed by atoms with van der Waals surface area (Å²) in [6.45, 7) is 5.11. The molecule has 46 heteroatoms. The van der Waals surface area contributed by atoms with Crippen molar-refractivity contribution >= 4 is 101 Å². The van der Waals surface area contributed by atoms with Crippen molar-refractivity contribution in [1.82, 2.24) is 58.5 Å². The zero-order chi connectivity index (χ0) is 87.1. The number of hydrogen-bond donors (Lipinski definition) is 13. The Balaban J connectivity index is 0.000000310. The first-order valence-corrected chi connectivity index (χ1v) is 42.3. The van der Waals surface area contributed by atoms with Gasteiger partial charge in [0.15, 0.2) is 0 Å². The topological polar surface area (TPSA) is 499 Å². The molecule has 8 atom stereocenters. The smallest absolute Gasteiger partial charge is 0.442 e. The number of carbonyl (C=O) groups is 11. The van der Waals surface area contributed by atoms with Gasteiger partial charge in [-0.3, -0.25) is 43.2 Å². The van der Waals surface area contributed by atoms with Gasteiger partial charge in [-0.15, -0.1) is 29.8 Å². The number of aliphatic carboxylic acids is 1. The van der Waals surface area contributed by atoms with E-state index in [0.29, 0.717) is 132 Å². The van der Waals surface area contributed by atoms with E-state index in [1.807, 2.05) is 23.5 Å². The highest BCUT2D eigenvalue weighted by molar-refractivity contribution is 8.00. The minimum absolute atomic E-state index is 0.0103. The van der Waals surface area contributed by atoms with Crippen LogP contribution in [0.2, 0.25) is 0 Å². The number of amides is 11. The van der Waals surface area contributed by atoms with E-state index in [4.69, 9.17) is 39.1 Å². The number of benzene rings is 3. The Morgan fingerprint density at radius 1 is 0.471 bits per heavy atom. The maximum absolute atomic E-state index is 13.5. The number of nitrogens with two attached hydrogens (primary N) is 1.